The molecule has 1 aromatic heterocycles. The number of benzene rings is 2. The molecule has 0 spiro atoms. The molecule has 3 rings (SSSR count). The third kappa shape index (κ3) is 3.12. The van der Waals surface area contributed by atoms with E-state index in [-0.39, 0.29) is 11.9 Å². The Labute approximate surface area is 135 Å². The number of halogens is 2. The normalized spacial score (nSPS) is 12.3. The minimum Gasteiger partial charge on any atom is -0.363 e. The van der Waals surface area contributed by atoms with Crippen LogP contribution in [0.2, 0.25) is 0 Å². The van der Waals surface area contributed by atoms with Crippen LogP contribution in [0, 0.1) is 9.39 Å². The van der Waals surface area contributed by atoms with Gasteiger partial charge in [-0.1, -0.05) is 12.1 Å². The van der Waals surface area contributed by atoms with Gasteiger partial charge in [0, 0.05) is 15.0 Å². The van der Waals surface area contributed by atoms with Gasteiger partial charge in [0.15, 0.2) is 0 Å². The van der Waals surface area contributed by atoms with Crippen molar-refractivity contribution in [1.29, 1.82) is 0 Å². The van der Waals surface area contributed by atoms with Gasteiger partial charge in [-0.15, -0.1) is 0 Å². The Morgan fingerprint density at radius 3 is 2.62 bits per heavy atom. The molecule has 5 heteroatoms. The zero-order valence-electron chi connectivity index (χ0n) is 11.3. The summed E-state index contributed by atoms with van der Waals surface area (Å²) in [4.78, 5) is 8.60. The maximum Gasteiger partial charge on any atom is 0.137 e. The van der Waals surface area contributed by atoms with Crippen LogP contribution in [0.3, 0.4) is 0 Å². The van der Waals surface area contributed by atoms with Gasteiger partial charge in [-0.2, -0.15) is 0 Å². The van der Waals surface area contributed by atoms with Gasteiger partial charge in [0.2, 0.25) is 0 Å². The van der Waals surface area contributed by atoms with Crippen LogP contribution < -0.4 is 5.32 Å². The van der Waals surface area contributed by atoms with Crippen LogP contribution >= 0.6 is 22.6 Å². The van der Waals surface area contributed by atoms with Gasteiger partial charge in [-0.05, 0) is 65.4 Å². The van der Waals surface area contributed by atoms with Gasteiger partial charge in [-0.3, -0.25) is 0 Å². The van der Waals surface area contributed by atoms with Crippen molar-refractivity contribution in [2.24, 2.45) is 0 Å². The van der Waals surface area contributed by atoms with E-state index in [9.17, 15) is 4.39 Å². The molecule has 21 heavy (non-hydrogen) atoms. The van der Waals surface area contributed by atoms with E-state index in [2.05, 4.69) is 43.9 Å². The maximum atomic E-state index is 13.0. The van der Waals surface area contributed by atoms with Gasteiger partial charge < -0.3 is 5.32 Å². The van der Waals surface area contributed by atoms with Gasteiger partial charge in [-0.25, -0.2) is 14.4 Å². The first-order chi connectivity index (χ1) is 10.1. The second kappa shape index (κ2) is 5.93. The van der Waals surface area contributed by atoms with E-state index < -0.39 is 0 Å². The minimum atomic E-state index is -0.229. The predicted molar refractivity (Wildman–Crippen MR) is 90.7 cm³/mol. The van der Waals surface area contributed by atoms with Gasteiger partial charge in [0.1, 0.15) is 18.0 Å². The lowest BCUT2D eigenvalue weighted by Gasteiger charge is -2.16. The Morgan fingerprint density at radius 2 is 1.86 bits per heavy atom. The average Bonchev–Trinajstić information content (AvgIpc) is 2.48. The summed E-state index contributed by atoms with van der Waals surface area (Å²) in [6, 6.07) is 12.6. The molecular weight excluding hydrogens is 380 g/mol. The fraction of sp³-hybridized carbons (Fsp3) is 0.125. The Balaban J connectivity index is 1.94. The molecular formula is C16H13FIN3. The summed E-state index contributed by atoms with van der Waals surface area (Å²) < 4.78 is 14.1. The van der Waals surface area contributed by atoms with E-state index in [4.69, 9.17) is 0 Å². The van der Waals surface area contributed by atoms with Crippen LogP contribution in [0.5, 0.6) is 0 Å². The van der Waals surface area contributed by atoms with Gasteiger partial charge in [0.05, 0.1) is 5.52 Å². The summed E-state index contributed by atoms with van der Waals surface area (Å²) in [7, 11) is 0. The third-order valence-corrected chi connectivity index (χ3v) is 3.99. The number of hydrogen-bond acceptors (Lipinski definition) is 3. The monoisotopic (exact) mass is 393 g/mol. The number of rotatable bonds is 3. The standard InChI is InChI=1S/C16H13FIN3/c1-10(11-2-4-12(17)5-3-11)21-16-14-8-13(18)6-7-15(14)19-9-20-16/h2-10H,1H3,(H,19,20,21)/t10-/m1/s1. The number of nitrogens with one attached hydrogen (secondary N) is 1. The van der Waals surface area contributed by atoms with Crippen LogP contribution in [0.15, 0.2) is 48.8 Å². The molecule has 0 fully saturated rings. The Bertz CT molecular complexity index is 774. The Hall–Kier alpha value is -1.76. The van der Waals surface area contributed by atoms with Crippen LogP contribution in [0.4, 0.5) is 10.2 Å². The van der Waals surface area contributed by atoms with Crippen molar-refractivity contribution in [3.63, 3.8) is 0 Å². The van der Waals surface area contributed by atoms with Crippen molar-refractivity contribution in [1.82, 2.24) is 9.97 Å². The number of nitrogens with zero attached hydrogens (tertiary/aromatic N) is 2. The lowest BCUT2D eigenvalue weighted by Crippen LogP contribution is -2.08. The molecule has 0 unspecified atom stereocenters. The summed E-state index contributed by atoms with van der Waals surface area (Å²) in [6.45, 7) is 2.02. The van der Waals surface area contributed by atoms with E-state index in [1.165, 1.54) is 12.1 Å². The first-order valence-corrected chi connectivity index (χ1v) is 7.63. The van der Waals surface area contributed by atoms with Crippen LogP contribution in [-0.2, 0) is 0 Å². The lowest BCUT2D eigenvalue weighted by atomic mass is 10.1. The third-order valence-electron chi connectivity index (χ3n) is 3.32. The zero-order valence-corrected chi connectivity index (χ0v) is 13.5. The van der Waals surface area contributed by atoms with Gasteiger partial charge in [0.25, 0.3) is 0 Å². The van der Waals surface area contributed by atoms with E-state index >= 15 is 0 Å². The fourth-order valence-electron chi connectivity index (χ4n) is 2.18. The molecule has 3 aromatic rings. The quantitative estimate of drug-likeness (QED) is 0.664. The highest BCUT2D eigenvalue weighted by Crippen LogP contribution is 2.25. The zero-order chi connectivity index (χ0) is 14.8. The highest BCUT2D eigenvalue weighted by molar-refractivity contribution is 14.1. The smallest absolute Gasteiger partial charge is 0.137 e. The molecule has 1 N–H and O–H groups in total. The molecule has 0 aliphatic rings. The topological polar surface area (TPSA) is 37.8 Å². The van der Waals surface area contributed by atoms with Crippen molar-refractivity contribution < 1.29 is 4.39 Å². The van der Waals surface area contributed by atoms with Gasteiger partial charge >= 0.3 is 0 Å². The molecule has 0 aliphatic carbocycles. The number of anilines is 1. The van der Waals surface area contributed by atoms with Crippen LogP contribution in [-0.4, -0.2) is 9.97 Å². The molecule has 2 aromatic carbocycles. The van der Waals surface area contributed by atoms with E-state index in [0.717, 1.165) is 25.9 Å². The first-order valence-electron chi connectivity index (χ1n) is 6.56. The summed E-state index contributed by atoms with van der Waals surface area (Å²) in [5.74, 6) is 0.559. The largest absolute Gasteiger partial charge is 0.363 e. The second-order valence-corrected chi connectivity index (χ2v) is 6.05. The lowest BCUT2D eigenvalue weighted by molar-refractivity contribution is 0.626. The number of fused-ring (bicyclic) bond motifs is 1. The molecule has 1 heterocycles. The van der Waals surface area contributed by atoms with Crippen molar-refractivity contribution in [3.05, 3.63) is 63.7 Å². The summed E-state index contributed by atoms with van der Waals surface area (Å²) in [5, 5.41) is 4.36. The Kier molecular flexibility index (Phi) is 4.01. The van der Waals surface area contributed by atoms with E-state index in [1.807, 2.05) is 19.1 Å². The number of aromatic nitrogens is 2. The molecule has 0 saturated heterocycles. The van der Waals surface area contributed by atoms with Crippen LogP contribution in [0.1, 0.15) is 18.5 Å². The average molecular weight is 393 g/mol. The van der Waals surface area contributed by atoms with Crippen molar-refractivity contribution in [2.45, 2.75) is 13.0 Å². The highest BCUT2D eigenvalue weighted by atomic mass is 127. The minimum absolute atomic E-state index is 0.0292. The molecule has 106 valence electrons. The molecule has 0 aliphatic heterocycles. The SMILES string of the molecule is C[C@@H](Nc1ncnc2ccc(I)cc12)c1ccc(F)cc1. The van der Waals surface area contributed by atoms with Crippen molar-refractivity contribution in [3.8, 4) is 0 Å². The maximum absolute atomic E-state index is 13.0. The second-order valence-electron chi connectivity index (χ2n) is 4.80. The molecule has 3 nitrogen and oxygen atoms in total. The predicted octanol–water partition coefficient (Wildman–Crippen LogP) is 4.55. The summed E-state index contributed by atoms with van der Waals surface area (Å²) in [5.41, 5.74) is 1.91. The highest BCUT2D eigenvalue weighted by Gasteiger charge is 2.09. The van der Waals surface area contributed by atoms with Crippen LogP contribution in [0.25, 0.3) is 10.9 Å². The summed E-state index contributed by atoms with van der Waals surface area (Å²) in [6.07, 6.45) is 1.55. The van der Waals surface area contributed by atoms with Crippen molar-refractivity contribution in [2.75, 3.05) is 5.32 Å². The van der Waals surface area contributed by atoms with E-state index in [0.29, 0.717) is 0 Å². The fourth-order valence-corrected chi connectivity index (χ4v) is 2.67. The Morgan fingerprint density at radius 1 is 1.10 bits per heavy atom. The molecule has 0 amide bonds. The molecule has 0 bridgehead atoms. The molecule has 0 saturated carbocycles. The molecule has 1 atom stereocenters. The van der Waals surface area contributed by atoms with Crippen molar-refractivity contribution >= 4 is 39.3 Å². The van der Waals surface area contributed by atoms with E-state index in [1.54, 1.807) is 18.5 Å². The first kappa shape index (κ1) is 14.2. The summed E-state index contributed by atoms with van der Waals surface area (Å²) >= 11 is 2.27. The molecule has 0 radical (unpaired) electrons. The number of hydrogen-bond donors (Lipinski definition) is 1.